The fourth-order valence-electron chi connectivity index (χ4n) is 0.642. The monoisotopic (exact) mass is 476 g/mol. The Hall–Kier alpha value is -1.19. The summed E-state index contributed by atoms with van der Waals surface area (Å²) in [6.45, 7) is 0. The molecule has 0 aliphatic heterocycles. The summed E-state index contributed by atoms with van der Waals surface area (Å²) in [5.41, 5.74) is -11.3. The van der Waals surface area contributed by atoms with Crippen molar-refractivity contribution in [3.63, 3.8) is 0 Å². The number of rotatable bonds is 0. The van der Waals surface area contributed by atoms with E-state index in [4.69, 9.17) is 25.9 Å². The summed E-state index contributed by atoms with van der Waals surface area (Å²) >= 11 is 0. The zero-order valence-electron chi connectivity index (χ0n) is 12.8. The van der Waals surface area contributed by atoms with Crippen LogP contribution < -0.4 is 0 Å². The van der Waals surface area contributed by atoms with Gasteiger partial charge in [-0.1, -0.05) is 0 Å². The number of alkyl halides is 6. The number of halogens is 6. The van der Waals surface area contributed by atoms with Gasteiger partial charge in [0.25, 0.3) is 0 Å². The van der Waals surface area contributed by atoms with Crippen LogP contribution in [0, 0.1) is 0 Å². The van der Waals surface area contributed by atoms with Crippen LogP contribution in [-0.2, 0) is 42.0 Å². The van der Waals surface area contributed by atoms with E-state index in [1.807, 2.05) is 60.7 Å². The van der Waals surface area contributed by atoms with Gasteiger partial charge in [0.2, 0.25) is 0 Å². The molecule has 0 fully saturated rings. The molecule has 0 unspecified atom stereocenters. The van der Waals surface area contributed by atoms with Gasteiger partial charge in [-0.3, -0.25) is 0 Å². The Labute approximate surface area is 165 Å². The molecule has 0 aliphatic carbocycles. The Kier molecular flexibility index (Phi) is 14.8. The molecule has 0 aromatic heterocycles. The van der Waals surface area contributed by atoms with Crippen LogP contribution in [0.3, 0.4) is 0 Å². The summed E-state index contributed by atoms with van der Waals surface area (Å²) in [6, 6.07) is 20.0. The predicted molar refractivity (Wildman–Crippen MR) is 75.6 cm³/mol. The van der Waals surface area contributed by atoms with Gasteiger partial charge in [-0.25, -0.2) is 41.1 Å². The average molecular weight is 476 g/mol. The van der Waals surface area contributed by atoms with Crippen molar-refractivity contribution in [2.75, 3.05) is 0 Å². The van der Waals surface area contributed by atoms with Crippen molar-refractivity contribution in [1.29, 1.82) is 0 Å². The van der Waals surface area contributed by atoms with E-state index in [-0.39, 0.29) is 21.7 Å². The summed E-state index contributed by atoms with van der Waals surface area (Å²) < 4.78 is 118. The molecule has 0 N–H and O–H groups in total. The second-order valence-electron chi connectivity index (χ2n) is 3.72. The van der Waals surface area contributed by atoms with Crippen LogP contribution in [0.15, 0.2) is 60.7 Å². The topological polar surface area (TPSA) is 114 Å². The first-order valence-corrected chi connectivity index (χ1v) is 8.69. The molecule has 6 nitrogen and oxygen atoms in total. The molecular formula is C12H10F6O6S2Ti. The van der Waals surface area contributed by atoms with E-state index >= 15 is 0 Å². The van der Waals surface area contributed by atoms with Crippen LogP contribution >= 0.6 is 0 Å². The molecule has 0 spiro atoms. The van der Waals surface area contributed by atoms with Crippen LogP contribution in [0.5, 0.6) is 0 Å². The summed E-state index contributed by atoms with van der Waals surface area (Å²) in [7, 11) is -12.2. The van der Waals surface area contributed by atoms with Gasteiger partial charge in [-0.05, 0) is 0 Å². The first-order chi connectivity index (χ1) is 11.5. The SMILES string of the molecule is O=S(=O)([O-])C(F)(F)F.O=S(=O)([O-])C(F)(F)F.[Ti+4].c1cc[cH-]c1.c1cc[cH-]c1. The van der Waals surface area contributed by atoms with Gasteiger partial charge >= 0.3 is 32.7 Å². The third kappa shape index (κ3) is 18.0. The molecule has 2 rings (SSSR count). The van der Waals surface area contributed by atoms with Crippen LogP contribution in [0.4, 0.5) is 26.3 Å². The molecule has 2 aromatic carbocycles. The smallest absolute Gasteiger partial charge is 0.741 e. The molecule has 27 heavy (non-hydrogen) atoms. The maximum atomic E-state index is 10.7. The molecule has 0 radical (unpaired) electrons. The van der Waals surface area contributed by atoms with E-state index in [1.54, 1.807) is 0 Å². The maximum Gasteiger partial charge on any atom is 4.00 e. The molecular weight excluding hydrogens is 466 g/mol. The van der Waals surface area contributed by atoms with Gasteiger partial charge in [-0.15, -0.1) is 0 Å². The molecule has 15 heteroatoms. The second kappa shape index (κ2) is 13.1. The zero-order valence-corrected chi connectivity index (χ0v) is 16.0. The summed E-state index contributed by atoms with van der Waals surface area (Å²) in [6.07, 6.45) is 0. The first kappa shape index (κ1) is 30.5. The minimum Gasteiger partial charge on any atom is -0.741 e. The third-order valence-corrected chi connectivity index (χ3v) is 2.81. The molecule has 0 saturated heterocycles. The van der Waals surface area contributed by atoms with Crippen molar-refractivity contribution >= 4 is 20.2 Å². The standard InChI is InChI=1S/2C5H5.2CHF3O3S.Ti/c2*1-2-4-5-3-1;2*2-1(3,4)8(5,6)7;/h2*1-5H;2*(H,5,6,7);/q2*-1;;;+4/p-2. The van der Waals surface area contributed by atoms with Gasteiger partial charge in [0.1, 0.15) is 0 Å². The molecule has 2 aromatic rings. The summed E-state index contributed by atoms with van der Waals surface area (Å²) in [5, 5.41) is 0. The van der Waals surface area contributed by atoms with E-state index in [0.29, 0.717) is 0 Å². The molecule has 0 amide bonds. The summed E-state index contributed by atoms with van der Waals surface area (Å²) in [4.78, 5) is 0. The van der Waals surface area contributed by atoms with E-state index in [0.717, 1.165) is 0 Å². The van der Waals surface area contributed by atoms with Crippen molar-refractivity contribution in [2.45, 2.75) is 11.0 Å². The van der Waals surface area contributed by atoms with Crippen LogP contribution in [0.1, 0.15) is 0 Å². The van der Waals surface area contributed by atoms with Gasteiger partial charge in [0.15, 0.2) is 20.2 Å². The Morgan fingerprint density at radius 2 is 0.741 bits per heavy atom. The molecule has 152 valence electrons. The normalized spacial score (nSPS) is 11.3. The van der Waals surface area contributed by atoms with Gasteiger partial charge < -0.3 is 9.11 Å². The maximum absolute atomic E-state index is 10.7. The van der Waals surface area contributed by atoms with Crippen LogP contribution in [0.25, 0.3) is 0 Å². The van der Waals surface area contributed by atoms with E-state index in [1.165, 1.54) is 0 Å². The minimum atomic E-state index is -6.09. The van der Waals surface area contributed by atoms with Crippen molar-refractivity contribution < 1.29 is 74.0 Å². The van der Waals surface area contributed by atoms with E-state index < -0.39 is 31.3 Å². The van der Waals surface area contributed by atoms with Gasteiger partial charge in [-0.2, -0.15) is 62.7 Å². The molecule has 0 bridgehead atoms. The largest absolute Gasteiger partial charge is 4.00 e. The first-order valence-electron chi connectivity index (χ1n) is 5.88. The Balaban J connectivity index is -0.000000286. The molecule has 0 aliphatic rings. The Morgan fingerprint density at radius 3 is 0.778 bits per heavy atom. The fraction of sp³-hybridized carbons (Fsp3) is 0.167. The van der Waals surface area contributed by atoms with Crippen molar-refractivity contribution in [1.82, 2.24) is 0 Å². The predicted octanol–water partition coefficient (Wildman–Crippen LogP) is 2.91. The number of hydrogen-bond donors (Lipinski definition) is 0. The van der Waals surface area contributed by atoms with Gasteiger partial charge in [0.05, 0.1) is 0 Å². The quantitative estimate of drug-likeness (QED) is 0.190. The summed E-state index contributed by atoms with van der Waals surface area (Å²) in [5.74, 6) is 0. The zero-order chi connectivity index (χ0) is 21.1. The molecule has 0 saturated carbocycles. The second-order valence-corrected chi connectivity index (χ2v) is 6.47. The Bertz CT molecular complexity index is 663. The van der Waals surface area contributed by atoms with Gasteiger partial charge in [0, 0.05) is 0 Å². The average Bonchev–Trinajstić information content (AvgIpc) is 3.15. The fourth-order valence-corrected chi connectivity index (χ4v) is 0.642. The Morgan fingerprint density at radius 1 is 0.593 bits per heavy atom. The van der Waals surface area contributed by atoms with Crippen LogP contribution in [-0.4, -0.2) is 37.0 Å². The van der Waals surface area contributed by atoms with E-state index in [9.17, 15) is 26.3 Å². The van der Waals surface area contributed by atoms with Crippen LogP contribution in [0.2, 0.25) is 0 Å². The van der Waals surface area contributed by atoms with Crippen molar-refractivity contribution in [2.24, 2.45) is 0 Å². The molecule has 0 atom stereocenters. The van der Waals surface area contributed by atoms with Crippen molar-refractivity contribution in [3.8, 4) is 0 Å². The molecule has 0 heterocycles. The number of hydrogen-bond acceptors (Lipinski definition) is 6. The van der Waals surface area contributed by atoms with E-state index in [2.05, 4.69) is 0 Å². The third-order valence-electron chi connectivity index (χ3n) is 1.68. The minimum absolute atomic E-state index is 0. The van der Waals surface area contributed by atoms with Crippen molar-refractivity contribution in [3.05, 3.63) is 60.7 Å².